The average molecular weight is 356 g/mol. The summed E-state index contributed by atoms with van der Waals surface area (Å²) in [5.41, 5.74) is 1.31. The largest absolute Gasteiger partial charge is 0.352 e. The Morgan fingerprint density at radius 1 is 1.04 bits per heavy atom. The van der Waals surface area contributed by atoms with Gasteiger partial charge in [0.25, 0.3) is 5.91 Å². The number of para-hydroxylation sites is 1. The number of nitrogens with one attached hydrogen (secondary N) is 2. The third-order valence-corrected chi connectivity index (χ3v) is 4.47. The molecule has 3 rings (SSSR count). The van der Waals surface area contributed by atoms with Gasteiger partial charge in [0.05, 0.1) is 12.1 Å². The zero-order chi connectivity index (χ0) is 17.6. The molecule has 0 unspecified atom stereocenters. The van der Waals surface area contributed by atoms with Crippen LogP contribution in [0.15, 0.2) is 48.7 Å². The van der Waals surface area contributed by atoms with E-state index in [-0.39, 0.29) is 11.8 Å². The van der Waals surface area contributed by atoms with Crippen molar-refractivity contribution in [2.24, 2.45) is 0 Å². The molecule has 1 aromatic heterocycles. The number of piperazine rings is 1. The molecule has 2 aromatic rings. The molecule has 130 valence electrons. The summed E-state index contributed by atoms with van der Waals surface area (Å²) < 4.78 is 0.456. The van der Waals surface area contributed by atoms with Gasteiger partial charge in [-0.25, -0.2) is 0 Å². The molecular weight excluding hydrogens is 336 g/mol. The lowest BCUT2D eigenvalue weighted by atomic mass is 10.2. The monoisotopic (exact) mass is 356 g/mol. The fourth-order valence-corrected chi connectivity index (χ4v) is 3.02. The zero-order valence-electron chi connectivity index (χ0n) is 13.8. The predicted molar refractivity (Wildman–Crippen MR) is 99.0 cm³/mol. The fourth-order valence-electron chi connectivity index (χ4n) is 2.79. The second-order valence-electron chi connectivity index (χ2n) is 5.90. The molecule has 0 spiro atoms. The van der Waals surface area contributed by atoms with Crippen molar-refractivity contribution >= 4 is 29.7 Å². The number of carbonyl (C=O) groups is 2. The molecule has 0 aliphatic carbocycles. The van der Waals surface area contributed by atoms with Gasteiger partial charge in [-0.05, 0) is 24.3 Å². The highest BCUT2D eigenvalue weighted by Crippen LogP contribution is 2.10. The normalized spacial score (nSPS) is 15.0. The summed E-state index contributed by atoms with van der Waals surface area (Å²) in [4.78, 5) is 31.4. The van der Waals surface area contributed by atoms with E-state index in [0.29, 0.717) is 42.9 Å². The van der Waals surface area contributed by atoms with Crippen molar-refractivity contribution < 1.29 is 9.59 Å². The van der Waals surface area contributed by atoms with Crippen LogP contribution in [0.2, 0.25) is 0 Å². The average Bonchev–Trinajstić information content (AvgIpc) is 2.63. The van der Waals surface area contributed by atoms with Crippen LogP contribution in [0.3, 0.4) is 0 Å². The predicted octanol–water partition coefficient (Wildman–Crippen LogP) is 2.14. The number of aromatic amines is 1. The van der Waals surface area contributed by atoms with Crippen molar-refractivity contribution in [3.05, 3.63) is 58.9 Å². The molecule has 2 heterocycles. The van der Waals surface area contributed by atoms with Gasteiger partial charge in [-0.1, -0.05) is 30.4 Å². The second kappa shape index (κ2) is 8.04. The Labute approximate surface area is 151 Å². The van der Waals surface area contributed by atoms with E-state index >= 15 is 0 Å². The maximum Gasteiger partial charge on any atom is 0.256 e. The summed E-state index contributed by atoms with van der Waals surface area (Å²) in [6.07, 6.45) is 1.71. The lowest BCUT2D eigenvalue weighted by molar-refractivity contribution is -0.117. The number of H-pyrrole nitrogens is 1. The number of benzene rings is 1. The molecule has 2 amide bonds. The standard InChI is InChI=1S/C18H20N4O2S/c23-16(20-14-5-2-1-3-6-14)13-21-9-11-22(12-10-21)18(24)15-7-4-8-19-17(15)25/h1-8H,9-13H2,(H,19,25)(H,20,23). The van der Waals surface area contributed by atoms with Crippen LogP contribution < -0.4 is 5.32 Å². The first-order valence-corrected chi connectivity index (χ1v) is 8.58. The SMILES string of the molecule is O=C(CN1CCN(C(=O)c2ccc[nH]c2=S)CC1)Nc1ccccc1. The third kappa shape index (κ3) is 4.52. The van der Waals surface area contributed by atoms with Crippen LogP contribution in [-0.2, 0) is 4.79 Å². The molecule has 0 atom stereocenters. The molecule has 1 aliphatic heterocycles. The van der Waals surface area contributed by atoms with E-state index in [1.807, 2.05) is 35.2 Å². The van der Waals surface area contributed by atoms with Crippen LogP contribution in [0.25, 0.3) is 0 Å². The molecule has 0 saturated carbocycles. The van der Waals surface area contributed by atoms with Crippen molar-refractivity contribution in [3.8, 4) is 0 Å². The Balaban J connectivity index is 1.50. The van der Waals surface area contributed by atoms with E-state index in [9.17, 15) is 9.59 Å². The maximum atomic E-state index is 12.5. The zero-order valence-corrected chi connectivity index (χ0v) is 14.6. The summed E-state index contributed by atoms with van der Waals surface area (Å²) in [7, 11) is 0. The van der Waals surface area contributed by atoms with Crippen LogP contribution in [0.5, 0.6) is 0 Å². The van der Waals surface area contributed by atoms with Gasteiger partial charge in [-0.3, -0.25) is 14.5 Å². The Bertz CT molecular complexity index is 798. The molecular formula is C18H20N4O2S. The summed E-state index contributed by atoms with van der Waals surface area (Å²) in [5, 5.41) is 2.88. The third-order valence-electron chi connectivity index (χ3n) is 4.13. The highest BCUT2D eigenvalue weighted by molar-refractivity contribution is 7.71. The number of rotatable bonds is 4. The van der Waals surface area contributed by atoms with Gasteiger partial charge in [0, 0.05) is 38.1 Å². The van der Waals surface area contributed by atoms with E-state index in [2.05, 4.69) is 10.3 Å². The summed E-state index contributed by atoms with van der Waals surface area (Å²) >= 11 is 5.17. The first-order valence-electron chi connectivity index (χ1n) is 8.18. The molecule has 1 aliphatic rings. The molecule has 6 nitrogen and oxygen atoms in total. The Hall–Kier alpha value is -2.51. The molecule has 1 saturated heterocycles. The van der Waals surface area contributed by atoms with Crippen LogP contribution in [0.1, 0.15) is 10.4 Å². The van der Waals surface area contributed by atoms with Crippen LogP contribution in [0.4, 0.5) is 5.69 Å². The highest BCUT2D eigenvalue weighted by atomic mass is 32.1. The summed E-state index contributed by atoms with van der Waals surface area (Å²) in [6, 6.07) is 12.9. The first-order chi connectivity index (χ1) is 12.1. The molecule has 0 bridgehead atoms. The van der Waals surface area contributed by atoms with E-state index < -0.39 is 0 Å². The smallest absolute Gasteiger partial charge is 0.256 e. The minimum absolute atomic E-state index is 0.0449. The second-order valence-corrected chi connectivity index (χ2v) is 6.30. The van der Waals surface area contributed by atoms with E-state index in [1.165, 1.54) is 0 Å². The van der Waals surface area contributed by atoms with Crippen molar-refractivity contribution in [3.63, 3.8) is 0 Å². The number of hydrogen-bond donors (Lipinski definition) is 2. The minimum atomic E-state index is -0.0600. The Kier molecular flexibility index (Phi) is 5.57. The lowest BCUT2D eigenvalue weighted by Gasteiger charge is -2.34. The first kappa shape index (κ1) is 17.3. The van der Waals surface area contributed by atoms with Crippen LogP contribution in [-0.4, -0.2) is 59.3 Å². The number of hydrogen-bond acceptors (Lipinski definition) is 4. The highest BCUT2D eigenvalue weighted by Gasteiger charge is 2.23. The van der Waals surface area contributed by atoms with E-state index in [1.54, 1.807) is 23.2 Å². The summed E-state index contributed by atoms with van der Waals surface area (Å²) in [6.45, 7) is 2.82. The maximum absolute atomic E-state index is 12.5. The fraction of sp³-hybridized carbons (Fsp3) is 0.278. The molecule has 1 aromatic carbocycles. The topological polar surface area (TPSA) is 68.4 Å². The van der Waals surface area contributed by atoms with E-state index in [0.717, 1.165) is 5.69 Å². The number of amides is 2. The minimum Gasteiger partial charge on any atom is -0.352 e. The molecule has 7 heteroatoms. The van der Waals surface area contributed by atoms with Crippen molar-refractivity contribution in [2.45, 2.75) is 0 Å². The summed E-state index contributed by atoms with van der Waals surface area (Å²) in [5.74, 6) is -0.105. The molecule has 0 radical (unpaired) electrons. The van der Waals surface area contributed by atoms with Crippen molar-refractivity contribution in [1.82, 2.24) is 14.8 Å². The molecule has 1 fully saturated rings. The number of pyridine rings is 1. The Morgan fingerprint density at radius 3 is 2.44 bits per heavy atom. The number of anilines is 1. The quantitative estimate of drug-likeness (QED) is 0.824. The van der Waals surface area contributed by atoms with Gasteiger partial charge in [-0.2, -0.15) is 0 Å². The van der Waals surface area contributed by atoms with Gasteiger partial charge in [0.15, 0.2) is 0 Å². The van der Waals surface area contributed by atoms with Gasteiger partial charge in [0.2, 0.25) is 5.91 Å². The van der Waals surface area contributed by atoms with Gasteiger partial charge in [0.1, 0.15) is 4.64 Å². The molecule has 25 heavy (non-hydrogen) atoms. The van der Waals surface area contributed by atoms with Crippen molar-refractivity contribution in [1.29, 1.82) is 0 Å². The van der Waals surface area contributed by atoms with Crippen LogP contribution >= 0.6 is 12.2 Å². The molecule has 2 N–H and O–H groups in total. The van der Waals surface area contributed by atoms with Gasteiger partial charge < -0.3 is 15.2 Å². The van der Waals surface area contributed by atoms with Crippen LogP contribution in [0, 0.1) is 4.64 Å². The Morgan fingerprint density at radius 2 is 1.76 bits per heavy atom. The van der Waals surface area contributed by atoms with Gasteiger partial charge >= 0.3 is 0 Å². The number of nitrogens with zero attached hydrogens (tertiary/aromatic N) is 2. The number of aromatic nitrogens is 1. The lowest BCUT2D eigenvalue weighted by Crippen LogP contribution is -2.50. The van der Waals surface area contributed by atoms with Crippen molar-refractivity contribution in [2.75, 3.05) is 38.0 Å². The van der Waals surface area contributed by atoms with E-state index in [4.69, 9.17) is 12.2 Å². The number of carbonyl (C=O) groups excluding carboxylic acids is 2. The van der Waals surface area contributed by atoms with Gasteiger partial charge in [-0.15, -0.1) is 0 Å².